The molecule has 1 aliphatic rings. The molecule has 0 N–H and O–H groups in total. The van der Waals surface area contributed by atoms with E-state index in [0.717, 1.165) is 17.9 Å². The molecule has 2 rings (SSSR count). The van der Waals surface area contributed by atoms with E-state index in [9.17, 15) is 18.4 Å². The summed E-state index contributed by atoms with van der Waals surface area (Å²) in [6.07, 6.45) is 7.16. The van der Waals surface area contributed by atoms with Gasteiger partial charge in [0.15, 0.2) is 0 Å². The maximum absolute atomic E-state index is 13.9. The maximum Gasteiger partial charge on any atom is 0.409 e. The lowest BCUT2D eigenvalue weighted by Crippen LogP contribution is -2.47. The second kappa shape index (κ2) is 9.78. The Kier molecular flexibility index (Phi) is 7.95. The number of rotatable bonds is 6. The number of carbonyl (C=O) groups is 2. The first-order valence-corrected chi connectivity index (χ1v) is 12.4. The number of piperidine rings is 1. The molecule has 0 unspecified atom stereocenters. The Bertz CT molecular complexity index is 707. The van der Waals surface area contributed by atoms with Gasteiger partial charge in [-0.2, -0.15) is 0 Å². The van der Waals surface area contributed by atoms with Crippen molar-refractivity contribution < 1.29 is 23.1 Å². The van der Waals surface area contributed by atoms with Crippen LogP contribution in [0.1, 0.15) is 18.4 Å². The van der Waals surface area contributed by atoms with Crippen molar-refractivity contribution in [2.75, 3.05) is 44.2 Å². The van der Waals surface area contributed by atoms with Crippen LogP contribution in [0.4, 0.5) is 18.4 Å². The number of hydrogen-bond acceptors (Lipinski definition) is 3. The number of likely N-dealkylation sites (tertiary alicyclic amines) is 1. The van der Waals surface area contributed by atoms with E-state index in [0.29, 0.717) is 32.5 Å². The molecule has 1 saturated heterocycles. The van der Waals surface area contributed by atoms with Crippen LogP contribution in [0.15, 0.2) is 18.2 Å². The summed E-state index contributed by atoms with van der Waals surface area (Å²) in [6.45, 7) is 1.21. The van der Waals surface area contributed by atoms with Gasteiger partial charge in [-0.05, 0) is 49.3 Å². The summed E-state index contributed by atoms with van der Waals surface area (Å²) < 4.78 is 32.3. The molecule has 28 heavy (non-hydrogen) atoms. The van der Waals surface area contributed by atoms with E-state index < -0.39 is 27.0 Å². The standard InChI is InChI=1S/C19H27ClF2N2O3S/c1-28(2,3)11-10-27-19(26)23-8-6-16(7-9-23)24(18(20)25)13-14-4-5-15(21)12-17(14)22/h4-5,12,16H,6-11,13H2,1-3H3. The molecule has 2 amide bonds. The minimum absolute atomic E-state index is 0.0437. The van der Waals surface area contributed by atoms with Crippen molar-refractivity contribution in [2.45, 2.75) is 25.4 Å². The second-order valence-corrected chi connectivity index (χ2v) is 12.7. The first-order valence-electron chi connectivity index (χ1n) is 9.04. The summed E-state index contributed by atoms with van der Waals surface area (Å²) in [5.41, 5.74) is 0.196. The summed E-state index contributed by atoms with van der Waals surface area (Å²) in [6, 6.07) is 3.01. The largest absolute Gasteiger partial charge is 0.449 e. The number of amides is 2. The molecule has 158 valence electrons. The molecule has 0 radical (unpaired) electrons. The summed E-state index contributed by atoms with van der Waals surface area (Å²) in [5, 5.41) is -0.696. The summed E-state index contributed by atoms with van der Waals surface area (Å²) in [5.74, 6) is -0.540. The van der Waals surface area contributed by atoms with Gasteiger partial charge in [0, 0.05) is 36.5 Å². The number of halogens is 3. The first-order chi connectivity index (χ1) is 13.1. The third-order valence-corrected chi connectivity index (χ3v) is 6.27. The van der Waals surface area contributed by atoms with Crippen molar-refractivity contribution in [2.24, 2.45) is 0 Å². The third kappa shape index (κ3) is 6.81. The van der Waals surface area contributed by atoms with Crippen molar-refractivity contribution in [3.05, 3.63) is 35.4 Å². The molecule has 0 aliphatic carbocycles. The normalized spacial score (nSPS) is 16.0. The lowest BCUT2D eigenvalue weighted by Gasteiger charge is -2.37. The highest BCUT2D eigenvalue weighted by molar-refractivity contribution is 8.32. The van der Waals surface area contributed by atoms with Gasteiger partial charge in [0.05, 0.1) is 6.54 Å². The van der Waals surface area contributed by atoms with Gasteiger partial charge in [-0.1, -0.05) is 6.07 Å². The average molecular weight is 437 g/mol. The SMILES string of the molecule is CS(C)(C)CCOC(=O)N1CCC(N(Cc2ccc(F)cc2F)C(=O)Cl)CC1. The van der Waals surface area contributed by atoms with Crippen LogP contribution in [-0.4, -0.2) is 71.5 Å². The van der Waals surface area contributed by atoms with E-state index >= 15 is 0 Å². The van der Waals surface area contributed by atoms with Crippen LogP contribution < -0.4 is 0 Å². The minimum Gasteiger partial charge on any atom is -0.449 e. The van der Waals surface area contributed by atoms with Crippen molar-refractivity contribution in [1.29, 1.82) is 0 Å². The minimum atomic E-state index is -0.725. The van der Waals surface area contributed by atoms with Gasteiger partial charge in [0.1, 0.15) is 18.2 Å². The molecule has 1 aromatic rings. The molecule has 5 nitrogen and oxygen atoms in total. The molecule has 1 fully saturated rings. The molecule has 1 heterocycles. The Hall–Kier alpha value is -1.54. The molecule has 0 aromatic heterocycles. The highest BCUT2D eigenvalue weighted by Crippen LogP contribution is 2.33. The Morgan fingerprint density at radius 3 is 2.43 bits per heavy atom. The molecule has 1 aliphatic heterocycles. The Morgan fingerprint density at radius 2 is 1.89 bits per heavy atom. The molecular weight excluding hydrogens is 410 g/mol. The fourth-order valence-electron chi connectivity index (χ4n) is 3.00. The molecule has 0 atom stereocenters. The van der Waals surface area contributed by atoms with Crippen molar-refractivity contribution in [3.63, 3.8) is 0 Å². The van der Waals surface area contributed by atoms with Crippen LogP contribution in [0.25, 0.3) is 0 Å². The van der Waals surface area contributed by atoms with Crippen LogP contribution in [0, 0.1) is 11.6 Å². The fraction of sp³-hybridized carbons (Fsp3) is 0.579. The van der Waals surface area contributed by atoms with Gasteiger partial charge in [0.2, 0.25) is 0 Å². The summed E-state index contributed by atoms with van der Waals surface area (Å²) in [7, 11) is -0.725. The third-order valence-electron chi connectivity index (χ3n) is 4.67. The van der Waals surface area contributed by atoms with Gasteiger partial charge in [-0.25, -0.2) is 23.6 Å². The van der Waals surface area contributed by atoms with E-state index in [2.05, 4.69) is 18.8 Å². The summed E-state index contributed by atoms with van der Waals surface area (Å²) >= 11 is 5.71. The van der Waals surface area contributed by atoms with Crippen LogP contribution >= 0.6 is 21.6 Å². The van der Waals surface area contributed by atoms with Crippen LogP contribution in [-0.2, 0) is 11.3 Å². The van der Waals surface area contributed by atoms with Crippen LogP contribution in [0.2, 0.25) is 0 Å². The maximum atomic E-state index is 13.9. The van der Waals surface area contributed by atoms with Gasteiger partial charge in [0.25, 0.3) is 0 Å². The fourth-order valence-corrected chi connectivity index (χ4v) is 3.78. The zero-order valence-electron chi connectivity index (χ0n) is 16.4. The monoisotopic (exact) mass is 436 g/mol. The highest BCUT2D eigenvalue weighted by Gasteiger charge is 2.30. The topological polar surface area (TPSA) is 49.9 Å². The van der Waals surface area contributed by atoms with Gasteiger partial charge < -0.3 is 14.5 Å². The van der Waals surface area contributed by atoms with E-state index in [1.54, 1.807) is 4.90 Å². The number of carbonyl (C=O) groups excluding carboxylic acids is 2. The Balaban J connectivity index is 1.90. The van der Waals surface area contributed by atoms with E-state index in [4.69, 9.17) is 16.3 Å². The Morgan fingerprint density at radius 1 is 1.25 bits per heavy atom. The molecule has 0 spiro atoms. The van der Waals surface area contributed by atoms with Crippen LogP contribution in [0.3, 0.4) is 0 Å². The van der Waals surface area contributed by atoms with Crippen molar-refractivity contribution in [3.8, 4) is 0 Å². The molecule has 9 heteroatoms. The molecule has 1 aromatic carbocycles. The number of ether oxygens (including phenoxy) is 1. The lowest BCUT2D eigenvalue weighted by molar-refractivity contribution is 0.0833. The number of benzene rings is 1. The van der Waals surface area contributed by atoms with Crippen molar-refractivity contribution >= 4 is 33.1 Å². The second-order valence-electron chi connectivity index (χ2n) is 7.74. The molecular formula is C19H27ClF2N2O3S. The molecule has 0 bridgehead atoms. The summed E-state index contributed by atoms with van der Waals surface area (Å²) in [4.78, 5) is 27.0. The molecule has 0 saturated carbocycles. The quantitative estimate of drug-likeness (QED) is 0.490. The van der Waals surface area contributed by atoms with Gasteiger partial charge in [-0.15, -0.1) is 0 Å². The highest BCUT2D eigenvalue weighted by atomic mass is 35.5. The number of hydrogen-bond donors (Lipinski definition) is 0. The predicted octanol–water partition coefficient (Wildman–Crippen LogP) is 4.42. The van der Waals surface area contributed by atoms with Crippen molar-refractivity contribution in [1.82, 2.24) is 9.80 Å². The zero-order valence-corrected chi connectivity index (χ0v) is 18.0. The zero-order chi connectivity index (χ0) is 20.9. The van der Waals surface area contributed by atoms with Gasteiger partial charge >= 0.3 is 11.5 Å². The average Bonchev–Trinajstić information content (AvgIpc) is 2.60. The smallest absolute Gasteiger partial charge is 0.409 e. The predicted molar refractivity (Wildman–Crippen MR) is 109 cm³/mol. The van der Waals surface area contributed by atoms with Crippen LogP contribution in [0.5, 0.6) is 0 Å². The number of nitrogens with zero attached hydrogens (tertiary/aromatic N) is 2. The lowest BCUT2D eigenvalue weighted by atomic mass is 10.0. The Labute approximate surface area is 171 Å². The van der Waals surface area contributed by atoms with Gasteiger partial charge in [-0.3, -0.25) is 4.79 Å². The van der Waals surface area contributed by atoms with E-state index in [1.165, 1.54) is 11.0 Å². The first kappa shape index (κ1) is 22.7. The van der Waals surface area contributed by atoms with E-state index in [1.807, 2.05) is 0 Å². The van der Waals surface area contributed by atoms with E-state index in [-0.39, 0.29) is 24.2 Å².